The van der Waals surface area contributed by atoms with Crippen LogP contribution < -0.4 is 14.8 Å². The van der Waals surface area contributed by atoms with Gasteiger partial charge < -0.3 is 19.7 Å². The molecule has 0 saturated carbocycles. The molecular formula is C23H30ClN3O3. The summed E-state index contributed by atoms with van der Waals surface area (Å²) in [6.07, 6.45) is 6.39. The summed E-state index contributed by atoms with van der Waals surface area (Å²) in [6.45, 7) is 6.43. The number of amides is 1. The monoisotopic (exact) mass is 431 g/mol. The van der Waals surface area contributed by atoms with Crippen molar-refractivity contribution in [2.24, 2.45) is 0 Å². The van der Waals surface area contributed by atoms with Crippen molar-refractivity contribution < 1.29 is 14.3 Å². The number of halogens is 1. The topological polar surface area (TPSA) is 63.7 Å². The fourth-order valence-corrected chi connectivity index (χ4v) is 3.58. The minimum atomic E-state index is -0.0175. The van der Waals surface area contributed by atoms with Gasteiger partial charge in [0.1, 0.15) is 6.61 Å². The molecule has 1 unspecified atom stereocenters. The van der Waals surface area contributed by atoms with Crippen molar-refractivity contribution in [2.45, 2.75) is 31.8 Å². The number of rotatable bonds is 8. The second-order valence-electron chi connectivity index (χ2n) is 7.05. The highest BCUT2D eigenvalue weighted by Crippen LogP contribution is 2.29. The summed E-state index contributed by atoms with van der Waals surface area (Å²) in [5.74, 6) is 1.12. The van der Waals surface area contributed by atoms with Crippen LogP contribution in [0.25, 0.3) is 0 Å². The van der Waals surface area contributed by atoms with Crippen molar-refractivity contribution in [2.75, 3.05) is 26.8 Å². The molecule has 1 saturated heterocycles. The van der Waals surface area contributed by atoms with E-state index in [1.807, 2.05) is 23.1 Å². The van der Waals surface area contributed by atoms with Gasteiger partial charge in [0.05, 0.1) is 19.3 Å². The molecule has 1 N–H and O–H groups in total. The highest BCUT2D eigenvalue weighted by molar-refractivity contribution is 5.95. The van der Waals surface area contributed by atoms with E-state index in [4.69, 9.17) is 9.47 Å². The van der Waals surface area contributed by atoms with Crippen LogP contribution in [0.4, 0.5) is 0 Å². The molecule has 1 aromatic carbocycles. The number of nitrogens with one attached hydrogen (secondary N) is 1. The Morgan fingerprint density at radius 1 is 1.27 bits per heavy atom. The van der Waals surface area contributed by atoms with Crippen LogP contribution in [0.3, 0.4) is 0 Å². The third kappa shape index (κ3) is 6.21. The van der Waals surface area contributed by atoms with Crippen molar-refractivity contribution >= 4 is 18.3 Å². The van der Waals surface area contributed by atoms with Crippen molar-refractivity contribution in [3.05, 3.63) is 66.5 Å². The van der Waals surface area contributed by atoms with E-state index in [0.29, 0.717) is 30.2 Å². The van der Waals surface area contributed by atoms with Gasteiger partial charge in [0.25, 0.3) is 5.91 Å². The van der Waals surface area contributed by atoms with Gasteiger partial charge in [-0.15, -0.1) is 12.4 Å². The Labute approximate surface area is 184 Å². The molecule has 6 nitrogen and oxygen atoms in total. The smallest absolute Gasteiger partial charge is 0.254 e. The Morgan fingerprint density at radius 2 is 2.13 bits per heavy atom. The average Bonchev–Trinajstić information content (AvgIpc) is 3.05. The van der Waals surface area contributed by atoms with Crippen LogP contribution in [0, 0.1) is 0 Å². The first-order chi connectivity index (χ1) is 14.2. The molecule has 30 heavy (non-hydrogen) atoms. The lowest BCUT2D eigenvalue weighted by atomic mass is 10.0. The molecule has 0 spiro atoms. The number of pyridine rings is 1. The minimum Gasteiger partial charge on any atom is -0.493 e. The molecule has 0 aliphatic carbocycles. The summed E-state index contributed by atoms with van der Waals surface area (Å²) >= 11 is 0. The number of methoxy groups -OCH3 is 1. The van der Waals surface area contributed by atoms with Gasteiger partial charge in [-0.1, -0.05) is 18.7 Å². The molecule has 2 aromatic rings. The minimum absolute atomic E-state index is 0. The van der Waals surface area contributed by atoms with E-state index in [2.05, 4.69) is 16.9 Å². The van der Waals surface area contributed by atoms with E-state index in [-0.39, 0.29) is 24.4 Å². The summed E-state index contributed by atoms with van der Waals surface area (Å²) in [6, 6.07) is 11.3. The fourth-order valence-electron chi connectivity index (χ4n) is 3.58. The van der Waals surface area contributed by atoms with Crippen LogP contribution in [0.2, 0.25) is 0 Å². The van der Waals surface area contributed by atoms with E-state index >= 15 is 0 Å². The van der Waals surface area contributed by atoms with E-state index in [1.165, 1.54) is 0 Å². The molecule has 3 rings (SSSR count). The molecule has 1 aliphatic rings. The Balaban J connectivity index is 0.00000320. The van der Waals surface area contributed by atoms with Crippen LogP contribution in [0.15, 0.2) is 55.3 Å². The first-order valence-corrected chi connectivity index (χ1v) is 10.1. The van der Waals surface area contributed by atoms with Gasteiger partial charge in [-0.25, -0.2) is 0 Å². The number of carbonyl (C=O) groups excluding carboxylic acids is 1. The second kappa shape index (κ2) is 12.2. The van der Waals surface area contributed by atoms with Gasteiger partial charge in [-0.2, -0.15) is 0 Å². The Kier molecular flexibility index (Phi) is 9.64. The van der Waals surface area contributed by atoms with Gasteiger partial charge in [0.15, 0.2) is 11.5 Å². The molecule has 0 bridgehead atoms. The quantitative estimate of drug-likeness (QED) is 0.643. The standard InChI is InChI=1S/C23H29N3O3.ClH/c1-3-15-29-21-10-9-18(16-22(21)28-2)23(27)26(17-19-7-4-5-13-25-19)20-8-6-12-24-14-11-20;/h3-5,7,9-10,13,16,20,24H,1,6,8,11-12,14-15,17H2,2H3;1H. The van der Waals surface area contributed by atoms with Crippen molar-refractivity contribution in [1.82, 2.24) is 15.2 Å². The van der Waals surface area contributed by atoms with Crippen LogP contribution in [0.1, 0.15) is 35.3 Å². The summed E-state index contributed by atoms with van der Waals surface area (Å²) in [5, 5.41) is 3.42. The molecule has 1 aliphatic heterocycles. The van der Waals surface area contributed by atoms with Crippen LogP contribution in [-0.4, -0.2) is 48.6 Å². The van der Waals surface area contributed by atoms with Gasteiger partial charge in [-0.3, -0.25) is 9.78 Å². The number of hydrogen-bond donors (Lipinski definition) is 1. The van der Waals surface area contributed by atoms with Crippen LogP contribution in [0.5, 0.6) is 11.5 Å². The lowest BCUT2D eigenvalue weighted by molar-refractivity contribution is 0.0642. The molecule has 1 aromatic heterocycles. The molecular weight excluding hydrogens is 402 g/mol. The molecule has 1 amide bonds. The van der Waals surface area contributed by atoms with Crippen molar-refractivity contribution in [3.8, 4) is 11.5 Å². The number of benzene rings is 1. The predicted molar refractivity (Wildman–Crippen MR) is 121 cm³/mol. The molecule has 1 atom stereocenters. The molecule has 2 heterocycles. The zero-order chi connectivity index (χ0) is 20.5. The van der Waals surface area contributed by atoms with E-state index in [9.17, 15) is 4.79 Å². The molecule has 7 heteroatoms. The lowest BCUT2D eigenvalue weighted by Crippen LogP contribution is -2.40. The molecule has 0 radical (unpaired) electrons. The highest BCUT2D eigenvalue weighted by atomic mass is 35.5. The van der Waals surface area contributed by atoms with E-state index < -0.39 is 0 Å². The zero-order valence-corrected chi connectivity index (χ0v) is 18.2. The Bertz CT molecular complexity index is 809. The normalized spacial score (nSPS) is 16.0. The zero-order valence-electron chi connectivity index (χ0n) is 17.4. The van der Waals surface area contributed by atoms with Crippen LogP contribution in [-0.2, 0) is 6.54 Å². The Hall–Kier alpha value is -2.57. The molecule has 1 fully saturated rings. The van der Waals surface area contributed by atoms with Crippen molar-refractivity contribution in [3.63, 3.8) is 0 Å². The second-order valence-corrected chi connectivity index (χ2v) is 7.05. The maximum absolute atomic E-state index is 13.5. The van der Waals surface area contributed by atoms with Gasteiger partial charge in [0, 0.05) is 17.8 Å². The van der Waals surface area contributed by atoms with Crippen molar-refractivity contribution in [1.29, 1.82) is 0 Å². The third-order valence-electron chi connectivity index (χ3n) is 5.07. The summed E-state index contributed by atoms with van der Waals surface area (Å²) in [4.78, 5) is 19.9. The molecule has 162 valence electrons. The highest BCUT2D eigenvalue weighted by Gasteiger charge is 2.26. The first-order valence-electron chi connectivity index (χ1n) is 10.1. The number of aromatic nitrogens is 1. The van der Waals surface area contributed by atoms with E-state index in [0.717, 1.165) is 38.0 Å². The first kappa shape index (κ1) is 23.7. The number of hydrogen-bond acceptors (Lipinski definition) is 5. The van der Waals surface area contributed by atoms with E-state index in [1.54, 1.807) is 37.6 Å². The number of ether oxygens (including phenoxy) is 2. The number of carbonyl (C=O) groups is 1. The predicted octanol–water partition coefficient (Wildman–Crippen LogP) is 3.86. The van der Waals surface area contributed by atoms with Crippen LogP contribution >= 0.6 is 12.4 Å². The Morgan fingerprint density at radius 3 is 2.87 bits per heavy atom. The summed E-state index contributed by atoms with van der Waals surface area (Å²) in [7, 11) is 1.58. The summed E-state index contributed by atoms with van der Waals surface area (Å²) < 4.78 is 11.1. The SMILES string of the molecule is C=CCOc1ccc(C(=O)N(Cc2ccccn2)C2CCCNCC2)cc1OC.Cl. The number of nitrogens with zero attached hydrogens (tertiary/aromatic N) is 2. The lowest BCUT2D eigenvalue weighted by Gasteiger charge is -2.31. The maximum Gasteiger partial charge on any atom is 0.254 e. The fraction of sp³-hybridized carbons (Fsp3) is 0.391. The maximum atomic E-state index is 13.5. The van der Waals surface area contributed by atoms with Gasteiger partial charge in [-0.05, 0) is 62.7 Å². The average molecular weight is 432 g/mol. The third-order valence-corrected chi connectivity index (χ3v) is 5.07. The largest absolute Gasteiger partial charge is 0.493 e. The summed E-state index contributed by atoms with van der Waals surface area (Å²) in [5.41, 5.74) is 1.47. The van der Waals surface area contributed by atoms with Gasteiger partial charge in [0.2, 0.25) is 0 Å². The van der Waals surface area contributed by atoms with Gasteiger partial charge >= 0.3 is 0 Å².